The van der Waals surface area contributed by atoms with E-state index in [0.29, 0.717) is 18.6 Å². The second-order valence-electron chi connectivity index (χ2n) is 7.00. The number of piperazine rings is 1. The van der Waals surface area contributed by atoms with Gasteiger partial charge in [0.1, 0.15) is 11.6 Å². The van der Waals surface area contributed by atoms with Crippen LogP contribution in [-0.2, 0) is 4.79 Å². The lowest BCUT2D eigenvalue weighted by atomic mass is 9.87. The summed E-state index contributed by atoms with van der Waals surface area (Å²) in [7, 11) is 0. The maximum Gasteiger partial charge on any atom is 0.238 e. The van der Waals surface area contributed by atoms with Crippen molar-refractivity contribution in [2.45, 2.75) is 32.4 Å². The van der Waals surface area contributed by atoms with Gasteiger partial charge in [-0.15, -0.1) is 0 Å². The normalized spacial score (nSPS) is 22.4. The minimum Gasteiger partial charge on any atom is -0.353 e. The highest BCUT2D eigenvalue weighted by atomic mass is 16.2. The SMILES string of the molecule is Cc1ccc(NC(=O)CN2C3CC2CN(c2ccnc(C)n2)C3)cc1. The molecule has 6 heteroatoms. The van der Waals surface area contributed by atoms with E-state index in [2.05, 4.69) is 25.1 Å². The standard InChI is InChI=1S/C19H23N5O/c1-13-3-5-15(6-4-13)22-19(25)12-24-16-9-17(24)11-23(10-16)18-7-8-20-14(2)21-18/h3-8,16-17H,9-12H2,1-2H3,(H,22,25). The van der Waals surface area contributed by atoms with Crippen molar-refractivity contribution in [1.29, 1.82) is 0 Å². The number of nitrogens with one attached hydrogen (secondary N) is 1. The molecule has 3 fully saturated rings. The van der Waals surface area contributed by atoms with Gasteiger partial charge in [-0.3, -0.25) is 9.69 Å². The third kappa shape index (κ3) is 3.35. The van der Waals surface area contributed by atoms with Gasteiger partial charge in [-0.1, -0.05) is 17.7 Å². The first-order valence-electron chi connectivity index (χ1n) is 8.75. The highest BCUT2D eigenvalue weighted by Gasteiger charge is 2.45. The Labute approximate surface area is 147 Å². The number of amides is 1. The second kappa shape index (κ2) is 6.44. The first-order chi connectivity index (χ1) is 12.1. The molecule has 2 unspecified atom stereocenters. The zero-order valence-corrected chi connectivity index (χ0v) is 14.6. The predicted molar refractivity (Wildman–Crippen MR) is 97.7 cm³/mol. The fraction of sp³-hybridized carbons (Fsp3) is 0.421. The molecule has 2 aromatic rings. The molecule has 0 radical (unpaired) electrons. The Morgan fingerprint density at radius 2 is 1.88 bits per heavy atom. The minimum absolute atomic E-state index is 0.0601. The van der Waals surface area contributed by atoms with Crippen molar-refractivity contribution >= 4 is 17.4 Å². The Balaban J connectivity index is 1.34. The number of fused-ring (bicyclic) bond motifs is 2. The monoisotopic (exact) mass is 337 g/mol. The molecule has 5 rings (SSSR count). The van der Waals surface area contributed by atoms with Gasteiger partial charge >= 0.3 is 0 Å². The summed E-state index contributed by atoms with van der Waals surface area (Å²) in [5, 5.41) is 2.99. The van der Waals surface area contributed by atoms with Crippen molar-refractivity contribution in [2.75, 3.05) is 29.9 Å². The Morgan fingerprint density at radius 3 is 2.56 bits per heavy atom. The van der Waals surface area contributed by atoms with Gasteiger partial charge in [0.05, 0.1) is 6.54 Å². The van der Waals surface area contributed by atoms with Crippen LogP contribution in [0.3, 0.4) is 0 Å². The molecule has 6 nitrogen and oxygen atoms in total. The molecule has 2 bridgehead atoms. The molecule has 3 saturated heterocycles. The number of hydrogen-bond acceptors (Lipinski definition) is 5. The molecule has 1 aromatic heterocycles. The van der Waals surface area contributed by atoms with Gasteiger partial charge in [-0.05, 0) is 38.5 Å². The summed E-state index contributed by atoms with van der Waals surface area (Å²) in [4.78, 5) is 25.6. The van der Waals surface area contributed by atoms with Gasteiger partial charge in [0.15, 0.2) is 0 Å². The van der Waals surface area contributed by atoms with E-state index >= 15 is 0 Å². The maximum atomic E-state index is 12.3. The number of nitrogens with zero attached hydrogens (tertiary/aromatic N) is 4. The summed E-state index contributed by atoms with van der Waals surface area (Å²) >= 11 is 0. The molecular formula is C19H23N5O. The second-order valence-corrected chi connectivity index (χ2v) is 7.00. The Bertz CT molecular complexity index is 764. The van der Waals surface area contributed by atoms with Crippen molar-refractivity contribution in [3.8, 4) is 0 Å². The first kappa shape index (κ1) is 16.0. The molecule has 1 aromatic carbocycles. The number of aromatic nitrogens is 2. The largest absolute Gasteiger partial charge is 0.353 e. The smallest absolute Gasteiger partial charge is 0.238 e. The van der Waals surface area contributed by atoms with Crippen molar-refractivity contribution in [1.82, 2.24) is 14.9 Å². The lowest BCUT2D eigenvalue weighted by Gasteiger charge is -2.56. The minimum atomic E-state index is 0.0601. The highest BCUT2D eigenvalue weighted by molar-refractivity contribution is 5.92. The van der Waals surface area contributed by atoms with Gasteiger partial charge in [-0.2, -0.15) is 0 Å². The van der Waals surface area contributed by atoms with Gasteiger partial charge in [0.2, 0.25) is 5.91 Å². The third-order valence-electron chi connectivity index (χ3n) is 5.09. The van der Waals surface area contributed by atoms with Crippen LogP contribution in [0.25, 0.3) is 0 Å². The quantitative estimate of drug-likeness (QED) is 0.924. The van der Waals surface area contributed by atoms with Crippen LogP contribution in [0.5, 0.6) is 0 Å². The van der Waals surface area contributed by atoms with E-state index in [1.54, 1.807) is 0 Å². The van der Waals surface area contributed by atoms with Crippen LogP contribution >= 0.6 is 0 Å². The molecule has 4 heterocycles. The van der Waals surface area contributed by atoms with E-state index < -0.39 is 0 Å². The van der Waals surface area contributed by atoms with Crippen LogP contribution in [0, 0.1) is 13.8 Å². The van der Waals surface area contributed by atoms with Gasteiger partial charge in [-0.25, -0.2) is 9.97 Å². The molecule has 1 amide bonds. The average Bonchev–Trinajstić information content (AvgIpc) is 2.62. The van der Waals surface area contributed by atoms with Gasteiger partial charge in [0.25, 0.3) is 0 Å². The van der Waals surface area contributed by atoms with Crippen LogP contribution in [-0.4, -0.2) is 52.5 Å². The van der Waals surface area contributed by atoms with Gasteiger partial charge in [0, 0.05) is 37.1 Å². The molecule has 130 valence electrons. The van der Waals surface area contributed by atoms with Crippen molar-refractivity contribution in [3.05, 3.63) is 47.9 Å². The maximum absolute atomic E-state index is 12.3. The van der Waals surface area contributed by atoms with E-state index in [9.17, 15) is 4.79 Å². The molecule has 3 aliphatic heterocycles. The number of rotatable bonds is 4. The zero-order valence-electron chi connectivity index (χ0n) is 14.6. The van der Waals surface area contributed by atoms with E-state index in [0.717, 1.165) is 30.4 Å². The fourth-order valence-corrected chi connectivity index (χ4v) is 3.76. The first-order valence-corrected chi connectivity index (χ1v) is 8.75. The fourth-order valence-electron chi connectivity index (χ4n) is 3.76. The summed E-state index contributed by atoms with van der Waals surface area (Å²) in [5.41, 5.74) is 2.05. The lowest BCUT2D eigenvalue weighted by molar-refractivity contribution is -0.121. The molecule has 0 saturated carbocycles. The molecule has 0 aliphatic carbocycles. The summed E-state index contributed by atoms with van der Waals surface area (Å²) < 4.78 is 0. The Hall–Kier alpha value is -2.47. The van der Waals surface area contributed by atoms with Crippen molar-refractivity contribution in [2.24, 2.45) is 0 Å². The van der Waals surface area contributed by atoms with E-state index in [1.165, 1.54) is 12.0 Å². The molecule has 3 aliphatic rings. The molecule has 0 spiro atoms. The summed E-state index contributed by atoms with van der Waals surface area (Å²) in [6.45, 7) is 6.25. The summed E-state index contributed by atoms with van der Waals surface area (Å²) in [6.07, 6.45) is 2.98. The highest BCUT2D eigenvalue weighted by Crippen LogP contribution is 2.33. The number of carbonyl (C=O) groups excluding carboxylic acids is 1. The third-order valence-corrected chi connectivity index (χ3v) is 5.09. The van der Waals surface area contributed by atoms with Crippen LogP contribution in [0.15, 0.2) is 36.5 Å². The number of hydrogen-bond donors (Lipinski definition) is 1. The summed E-state index contributed by atoms with van der Waals surface area (Å²) in [5.74, 6) is 1.85. The average molecular weight is 337 g/mol. The van der Waals surface area contributed by atoms with Gasteiger partial charge < -0.3 is 10.2 Å². The zero-order chi connectivity index (χ0) is 17.4. The van der Waals surface area contributed by atoms with E-state index in [1.807, 2.05) is 50.4 Å². The predicted octanol–water partition coefficient (Wildman–Crippen LogP) is 2.00. The van der Waals surface area contributed by atoms with Crippen LogP contribution < -0.4 is 10.2 Å². The number of aryl methyl sites for hydroxylation is 2. The van der Waals surface area contributed by atoms with Crippen LogP contribution in [0.4, 0.5) is 11.5 Å². The van der Waals surface area contributed by atoms with Crippen LogP contribution in [0.1, 0.15) is 17.8 Å². The summed E-state index contributed by atoms with van der Waals surface area (Å²) in [6, 6.07) is 10.7. The molecule has 25 heavy (non-hydrogen) atoms. The van der Waals surface area contributed by atoms with E-state index in [-0.39, 0.29) is 5.91 Å². The topological polar surface area (TPSA) is 61.4 Å². The Morgan fingerprint density at radius 1 is 1.16 bits per heavy atom. The molecule has 1 N–H and O–H groups in total. The number of carbonyl (C=O) groups is 1. The van der Waals surface area contributed by atoms with Crippen molar-refractivity contribution < 1.29 is 4.79 Å². The Kier molecular flexibility index (Phi) is 4.13. The molecule has 2 atom stereocenters. The number of anilines is 2. The van der Waals surface area contributed by atoms with Crippen molar-refractivity contribution in [3.63, 3.8) is 0 Å². The lowest BCUT2D eigenvalue weighted by Crippen LogP contribution is -2.69. The van der Waals surface area contributed by atoms with E-state index in [4.69, 9.17) is 0 Å². The van der Waals surface area contributed by atoms with Crippen LogP contribution in [0.2, 0.25) is 0 Å². The number of benzene rings is 1. The number of piperidine rings is 1. The molecular weight excluding hydrogens is 314 g/mol.